The lowest BCUT2D eigenvalue weighted by molar-refractivity contribution is 0.632. The Hall–Kier alpha value is -5.44. The maximum atomic E-state index is 2.56. The Morgan fingerprint density at radius 3 is 1.55 bits per heavy atom. The molecule has 47 heavy (non-hydrogen) atoms. The monoisotopic (exact) mass is 615 g/mol. The summed E-state index contributed by atoms with van der Waals surface area (Å²) < 4.78 is 0. The summed E-state index contributed by atoms with van der Waals surface area (Å²) in [6, 6.07) is 61.8. The lowest BCUT2D eigenvalue weighted by Crippen LogP contribution is -2.70. The second-order valence-corrected chi connectivity index (χ2v) is 17.3. The van der Waals surface area contributed by atoms with Gasteiger partial charge in [0.25, 0.3) is 0 Å². The largest absolute Gasteiger partial charge is 0.310 e. The van der Waals surface area contributed by atoms with Gasteiger partial charge in [0.1, 0.15) is 0 Å². The fraction of sp³-hybridized carbons (Fsp3) is 0.0667. The van der Waals surface area contributed by atoms with Gasteiger partial charge in [-0.1, -0.05) is 147 Å². The van der Waals surface area contributed by atoms with Crippen LogP contribution >= 0.6 is 0 Å². The Morgan fingerprint density at radius 2 is 0.894 bits per heavy atom. The number of benzene rings is 7. The second kappa shape index (κ2) is 9.54. The quantitative estimate of drug-likeness (QED) is 0.176. The van der Waals surface area contributed by atoms with Crippen LogP contribution in [0.4, 0.5) is 17.1 Å². The summed E-state index contributed by atoms with van der Waals surface area (Å²) in [7, 11) is -2.48. The number of hydrogen-bond acceptors (Lipinski definition) is 1. The van der Waals surface area contributed by atoms with E-state index in [1.54, 1.807) is 0 Å². The van der Waals surface area contributed by atoms with Gasteiger partial charge in [0, 0.05) is 11.1 Å². The molecule has 0 amide bonds. The molecule has 1 spiro atoms. The second-order valence-electron chi connectivity index (χ2n) is 13.7. The van der Waals surface area contributed by atoms with Gasteiger partial charge in [-0.05, 0) is 95.6 Å². The minimum absolute atomic E-state index is 0.153. The Labute approximate surface area is 277 Å². The first-order valence-electron chi connectivity index (χ1n) is 16.6. The number of para-hydroxylation sites is 2. The summed E-state index contributed by atoms with van der Waals surface area (Å²) in [5.74, 6) is 0. The molecule has 3 heterocycles. The van der Waals surface area contributed by atoms with Gasteiger partial charge in [0.2, 0.25) is 0 Å². The van der Waals surface area contributed by atoms with E-state index in [2.05, 4.69) is 183 Å². The fourth-order valence-electron chi connectivity index (χ4n) is 9.01. The van der Waals surface area contributed by atoms with Gasteiger partial charge in [-0.2, -0.15) is 0 Å². The molecule has 222 valence electrons. The molecule has 0 unspecified atom stereocenters. The van der Waals surface area contributed by atoms with Crippen molar-refractivity contribution in [2.24, 2.45) is 0 Å². The van der Waals surface area contributed by atoms with Crippen LogP contribution < -0.4 is 25.6 Å². The number of fused-ring (bicyclic) bond motifs is 12. The predicted molar refractivity (Wildman–Crippen MR) is 200 cm³/mol. The van der Waals surface area contributed by atoms with Crippen LogP contribution in [-0.4, -0.2) is 8.07 Å². The van der Waals surface area contributed by atoms with Gasteiger partial charge in [-0.25, -0.2) is 0 Å². The number of hydrogen-bond donors (Lipinski definition) is 0. The highest BCUT2D eigenvalue weighted by Crippen LogP contribution is 2.52. The molecule has 7 aromatic carbocycles. The zero-order valence-electron chi connectivity index (χ0n) is 26.5. The van der Waals surface area contributed by atoms with Crippen LogP contribution in [0.5, 0.6) is 0 Å². The molecule has 0 bridgehead atoms. The van der Waals surface area contributed by atoms with Crippen LogP contribution in [0.15, 0.2) is 164 Å². The van der Waals surface area contributed by atoms with E-state index in [0.717, 1.165) is 0 Å². The van der Waals surface area contributed by atoms with Crippen LogP contribution in [0.3, 0.4) is 0 Å². The first kappa shape index (κ1) is 26.7. The molecule has 7 aromatic rings. The van der Waals surface area contributed by atoms with Crippen molar-refractivity contribution in [2.45, 2.75) is 19.3 Å². The fourth-order valence-corrected chi connectivity index (χ4v) is 14.7. The maximum absolute atomic E-state index is 2.56. The molecule has 0 saturated heterocycles. The molecule has 1 nitrogen and oxygen atoms in total. The zero-order chi connectivity index (χ0) is 31.3. The first-order valence-corrected chi connectivity index (χ1v) is 18.6. The molecular weight excluding hydrogens is 583 g/mol. The van der Waals surface area contributed by atoms with E-state index in [1.807, 2.05) is 0 Å². The lowest BCUT2D eigenvalue weighted by atomic mass is 9.73. The summed E-state index contributed by atoms with van der Waals surface area (Å²) in [6.45, 7) is 4.76. The predicted octanol–water partition coefficient (Wildman–Crippen LogP) is 8.80. The Balaban J connectivity index is 1.21. The summed E-state index contributed by atoms with van der Waals surface area (Å²) in [5, 5.41) is 6.07. The van der Waals surface area contributed by atoms with E-state index in [0.29, 0.717) is 0 Å². The molecule has 0 atom stereocenters. The molecule has 0 saturated carbocycles. The topological polar surface area (TPSA) is 3.24 Å². The van der Waals surface area contributed by atoms with Crippen LogP contribution in [-0.2, 0) is 5.41 Å². The highest BCUT2D eigenvalue weighted by Gasteiger charge is 2.53. The van der Waals surface area contributed by atoms with Gasteiger partial charge in [-0.3, -0.25) is 0 Å². The molecule has 0 aromatic heterocycles. The number of nitrogens with zero attached hydrogens (tertiary/aromatic N) is 1. The van der Waals surface area contributed by atoms with E-state index >= 15 is 0 Å². The summed E-state index contributed by atoms with van der Waals surface area (Å²) >= 11 is 0. The van der Waals surface area contributed by atoms with E-state index in [9.17, 15) is 0 Å². The Morgan fingerprint density at radius 1 is 0.404 bits per heavy atom. The van der Waals surface area contributed by atoms with E-state index in [1.165, 1.54) is 82.3 Å². The van der Waals surface area contributed by atoms with Crippen molar-refractivity contribution >= 4 is 45.9 Å². The van der Waals surface area contributed by atoms with Crippen LogP contribution in [0.25, 0.3) is 33.4 Å². The molecule has 10 rings (SSSR count). The summed E-state index contributed by atoms with van der Waals surface area (Å²) in [4.78, 5) is 2.44. The molecule has 3 aliphatic heterocycles. The lowest BCUT2D eigenvalue weighted by Gasteiger charge is -2.42. The molecule has 0 N–H and O–H groups in total. The van der Waals surface area contributed by atoms with Gasteiger partial charge in [-0.15, -0.1) is 0 Å². The summed E-state index contributed by atoms with van der Waals surface area (Å²) in [6.07, 6.45) is 0. The van der Waals surface area contributed by atoms with Crippen LogP contribution in [0.1, 0.15) is 25.0 Å². The Kier molecular flexibility index (Phi) is 5.43. The van der Waals surface area contributed by atoms with Gasteiger partial charge in [0.15, 0.2) is 8.07 Å². The van der Waals surface area contributed by atoms with Crippen LogP contribution in [0, 0.1) is 0 Å². The van der Waals surface area contributed by atoms with Crippen molar-refractivity contribution in [3.8, 4) is 33.4 Å². The van der Waals surface area contributed by atoms with Crippen molar-refractivity contribution in [1.29, 1.82) is 0 Å². The first-order chi connectivity index (χ1) is 23.1. The maximum Gasteiger partial charge on any atom is 0.182 e. The molecule has 3 aliphatic rings. The standard InChI is InChI=1S/C45H33NSi/c1-45(2)37-19-9-10-20-39(37)46(32-14-4-3-5-15-32)40-27-25-30(28-38(40)45)31-24-26-36-35-18-8-13-23-43(35)47(44(36)29-31)41-21-11-6-16-33(41)34-17-7-12-22-42(34)47/h3-29H,1-2H3. The van der Waals surface area contributed by atoms with Crippen molar-refractivity contribution in [3.05, 3.63) is 175 Å². The van der Waals surface area contributed by atoms with Gasteiger partial charge in [0.05, 0.1) is 11.4 Å². The van der Waals surface area contributed by atoms with Gasteiger partial charge < -0.3 is 4.90 Å². The third-order valence-electron chi connectivity index (χ3n) is 11.1. The van der Waals surface area contributed by atoms with E-state index in [-0.39, 0.29) is 5.41 Å². The number of anilines is 3. The van der Waals surface area contributed by atoms with Gasteiger partial charge >= 0.3 is 0 Å². The smallest absolute Gasteiger partial charge is 0.182 e. The Bertz CT molecular complexity index is 2340. The van der Waals surface area contributed by atoms with E-state index in [4.69, 9.17) is 0 Å². The molecule has 2 heteroatoms. The summed E-state index contributed by atoms with van der Waals surface area (Å²) in [5.41, 5.74) is 14.4. The SMILES string of the molecule is CC1(C)c2ccccc2N(c2ccccc2)c2ccc(-c3ccc4c(c3)[Si]3(c5ccccc5-c5ccccc53)c3ccccc3-4)cc21. The van der Waals surface area contributed by atoms with Crippen molar-refractivity contribution in [2.75, 3.05) is 4.90 Å². The third-order valence-corrected chi connectivity index (χ3v) is 16.0. The molecular formula is C45H33NSi. The van der Waals surface area contributed by atoms with Crippen LogP contribution in [0.2, 0.25) is 0 Å². The highest BCUT2D eigenvalue weighted by molar-refractivity contribution is 7.24. The van der Waals surface area contributed by atoms with Crippen molar-refractivity contribution in [1.82, 2.24) is 0 Å². The minimum atomic E-state index is -2.48. The zero-order valence-corrected chi connectivity index (χ0v) is 27.5. The average molecular weight is 616 g/mol. The van der Waals surface area contributed by atoms with Crippen molar-refractivity contribution < 1.29 is 0 Å². The minimum Gasteiger partial charge on any atom is -0.310 e. The molecule has 0 radical (unpaired) electrons. The van der Waals surface area contributed by atoms with E-state index < -0.39 is 8.07 Å². The highest BCUT2D eigenvalue weighted by atomic mass is 28.3. The molecule has 0 aliphatic carbocycles. The average Bonchev–Trinajstić information content (AvgIpc) is 3.59. The number of rotatable bonds is 2. The molecule has 0 fully saturated rings. The normalized spacial score (nSPS) is 15.3. The third kappa shape index (κ3) is 3.43. The van der Waals surface area contributed by atoms with Crippen molar-refractivity contribution in [3.63, 3.8) is 0 Å².